The van der Waals surface area contributed by atoms with Crippen LogP contribution in [0.15, 0.2) is 53.4 Å². The van der Waals surface area contributed by atoms with Gasteiger partial charge in [-0.3, -0.25) is 10.1 Å². The number of nitro groups is 1. The number of nitrogens with zero attached hydrogens (tertiary/aromatic N) is 1. The monoisotopic (exact) mass is 526 g/mol. The molecule has 0 bridgehead atoms. The highest BCUT2D eigenvalue weighted by Gasteiger charge is 2.24. The predicted molar refractivity (Wildman–Crippen MR) is 124 cm³/mol. The molecule has 0 saturated carbocycles. The quantitative estimate of drug-likeness (QED) is 0.164. The van der Waals surface area contributed by atoms with Crippen molar-refractivity contribution in [3.8, 4) is 11.5 Å². The van der Waals surface area contributed by atoms with Gasteiger partial charge in [0.25, 0.3) is 0 Å². The predicted octanol–water partition coefficient (Wildman–Crippen LogP) is 4.09. The molecule has 0 fully saturated rings. The number of ether oxygens (including phenoxy) is 1. The molecule has 0 N–H and O–H groups in total. The van der Waals surface area contributed by atoms with Crippen molar-refractivity contribution in [1.29, 1.82) is 0 Å². The molecular formula is C22H21FNO9S2-. The highest BCUT2D eigenvalue weighted by molar-refractivity contribution is 7.87. The van der Waals surface area contributed by atoms with Gasteiger partial charge in [0.05, 0.1) is 9.82 Å². The van der Waals surface area contributed by atoms with Gasteiger partial charge in [0, 0.05) is 17.5 Å². The first-order valence-corrected chi connectivity index (χ1v) is 13.3. The maximum atomic E-state index is 14.0. The van der Waals surface area contributed by atoms with Crippen LogP contribution in [0.4, 0.5) is 10.1 Å². The van der Waals surface area contributed by atoms with Crippen molar-refractivity contribution in [1.82, 2.24) is 0 Å². The van der Waals surface area contributed by atoms with Crippen molar-refractivity contribution in [2.45, 2.75) is 31.1 Å². The number of benzene rings is 3. The SMILES string of the molecule is CCC(C)c1ccc(OS(=O)(=O)CCOc2cc(F)c(S(=O)(=O)[O-])cc2[N+](=O)[O-])c2ccccc12. The van der Waals surface area contributed by atoms with E-state index in [1.54, 1.807) is 24.3 Å². The van der Waals surface area contributed by atoms with Gasteiger partial charge in [-0.15, -0.1) is 0 Å². The number of hydrogen-bond acceptors (Lipinski definition) is 9. The number of hydrogen-bond donors (Lipinski definition) is 0. The second-order valence-electron chi connectivity index (χ2n) is 7.66. The summed E-state index contributed by atoms with van der Waals surface area (Å²) >= 11 is 0. The Morgan fingerprint density at radius 2 is 1.69 bits per heavy atom. The molecule has 0 saturated heterocycles. The molecule has 0 aliphatic rings. The molecule has 3 rings (SSSR count). The lowest BCUT2D eigenvalue weighted by Gasteiger charge is -2.16. The maximum absolute atomic E-state index is 14.0. The molecule has 10 nitrogen and oxygen atoms in total. The molecule has 35 heavy (non-hydrogen) atoms. The maximum Gasteiger partial charge on any atom is 0.312 e. The summed E-state index contributed by atoms with van der Waals surface area (Å²) < 4.78 is 82.6. The van der Waals surface area contributed by atoms with E-state index in [1.807, 2.05) is 19.1 Å². The second kappa shape index (κ2) is 10.1. The molecule has 0 amide bonds. The molecule has 1 atom stereocenters. The van der Waals surface area contributed by atoms with E-state index in [0.717, 1.165) is 17.4 Å². The normalized spacial score (nSPS) is 12.9. The Morgan fingerprint density at radius 3 is 2.29 bits per heavy atom. The van der Waals surface area contributed by atoms with E-state index in [1.165, 1.54) is 0 Å². The largest absolute Gasteiger partial charge is 0.744 e. The van der Waals surface area contributed by atoms with Gasteiger partial charge in [-0.25, -0.2) is 12.8 Å². The minimum atomic E-state index is -5.31. The summed E-state index contributed by atoms with van der Waals surface area (Å²) in [6.45, 7) is 3.42. The van der Waals surface area contributed by atoms with Crippen LogP contribution in [0.5, 0.6) is 11.5 Å². The third-order valence-corrected chi connectivity index (χ3v) is 7.30. The first-order valence-electron chi connectivity index (χ1n) is 10.3. The van der Waals surface area contributed by atoms with E-state index in [9.17, 15) is 35.9 Å². The summed E-state index contributed by atoms with van der Waals surface area (Å²) in [4.78, 5) is 8.70. The van der Waals surface area contributed by atoms with Gasteiger partial charge in [0.1, 0.15) is 34.0 Å². The Kier molecular flexibility index (Phi) is 7.62. The second-order valence-corrected chi connectivity index (χ2v) is 10.7. The minimum absolute atomic E-state index is 0.0923. The van der Waals surface area contributed by atoms with Crippen molar-refractivity contribution in [2.75, 3.05) is 12.4 Å². The fraction of sp³-hybridized carbons (Fsp3) is 0.273. The van der Waals surface area contributed by atoms with Gasteiger partial charge in [0.15, 0.2) is 5.75 Å². The van der Waals surface area contributed by atoms with Crippen LogP contribution in [-0.2, 0) is 20.2 Å². The summed E-state index contributed by atoms with van der Waals surface area (Å²) in [6, 6.07) is 11.1. The fourth-order valence-corrected chi connectivity index (χ4v) is 4.77. The molecule has 0 aliphatic heterocycles. The molecule has 3 aromatic rings. The molecule has 0 radical (unpaired) electrons. The Balaban J connectivity index is 1.81. The van der Waals surface area contributed by atoms with Gasteiger partial charge in [0.2, 0.25) is 0 Å². The Bertz CT molecular complexity index is 1490. The van der Waals surface area contributed by atoms with Crippen LogP contribution < -0.4 is 8.92 Å². The smallest absolute Gasteiger partial charge is 0.312 e. The third kappa shape index (κ3) is 6.05. The average Bonchev–Trinajstić information content (AvgIpc) is 2.77. The highest BCUT2D eigenvalue weighted by atomic mass is 32.2. The first-order chi connectivity index (χ1) is 16.3. The molecule has 13 heteroatoms. The summed E-state index contributed by atoms with van der Waals surface area (Å²) in [5.74, 6) is -2.73. The Labute approximate surface area is 201 Å². The zero-order valence-corrected chi connectivity index (χ0v) is 20.3. The van der Waals surface area contributed by atoms with Crippen molar-refractivity contribution >= 4 is 36.7 Å². The van der Waals surface area contributed by atoms with E-state index in [4.69, 9.17) is 8.92 Å². The van der Waals surface area contributed by atoms with E-state index < -0.39 is 59.7 Å². The van der Waals surface area contributed by atoms with Gasteiger partial charge < -0.3 is 13.5 Å². The van der Waals surface area contributed by atoms with Crippen LogP contribution >= 0.6 is 0 Å². The first kappa shape index (κ1) is 26.3. The topological polar surface area (TPSA) is 153 Å². The van der Waals surface area contributed by atoms with E-state index in [0.29, 0.717) is 11.5 Å². The summed E-state index contributed by atoms with van der Waals surface area (Å²) in [5.41, 5.74) is 0.0276. The van der Waals surface area contributed by atoms with Crippen LogP contribution in [0, 0.1) is 15.9 Å². The Morgan fingerprint density at radius 1 is 1.03 bits per heavy atom. The van der Waals surface area contributed by atoms with Crippen molar-refractivity contribution in [2.24, 2.45) is 0 Å². The molecule has 0 heterocycles. The zero-order chi connectivity index (χ0) is 26.0. The lowest BCUT2D eigenvalue weighted by atomic mass is 9.93. The highest BCUT2D eigenvalue weighted by Crippen LogP contribution is 2.35. The number of nitro benzene ring substituents is 1. The number of rotatable bonds is 10. The molecule has 3 aromatic carbocycles. The zero-order valence-electron chi connectivity index (χ0n) is 18.6. The lowest BCUT2D eigenvalue weighted by Crippen LogP contribution is -2.19. The summed E-state index contributed by atoms with van der Waals surface area (Å²) in [7, 11) is -9.56. The van der Waals surface area contributed by atoms with Gasteiger partial charge in [-0.05, 0) is 29.4 Å². The average molecular weight is 527 g/mol. The minimum Gasteiger partial charge on any atom is -0.744 e. The number of halogens is 1. The fourth-order valence-electron chi connectivity index (χ4n) is 3.42. The van der Waals surface area contributed by atoms with Crippen molar-refractivity contribution in [3.63, 3.8) is 0 Å². The van der Waals surface area contributed by atoms with E-state index >= 15 is 0 Å². The van der Waals surface area contributed by atoms with Gasteiger partial charge in [-0.1, -0.05) is 44.2 Å². The molecule has 0 aliphatic carbocycles. The third-order valence-electron chi connectivity index (χ3n) is 5.35. The van der Waals surface area contributed by atoms with Crippen molar-refractivity contribution in [3.05, 3.63) is 70.0 Å². The van der Waals surface area contributed by atoms with Crippen LogP contribution in [-0.4, -0.2) is 38.7 Å². The Hall–Kier alpha value is -3.29. The summed E-state index contributed by atoms with van der Waals surface area (Å²) in [6.07, 6.45) is 0.883. The molecular weight excluding hydrogens is 505 g/mol. The molecule has 1 unspecified atom stereocenters. The molecule has 188 valence electrons. The van der Waals surface area contributed by atoms with Crippen LogP contribution in [0.25, 0.3) is 10.8 Å². The molecule has 0 spiro atoms. The summed E-state index contributed by atoms with van der Waals surface area (Å²) in [5, 5.41) is 12.6. The van der Waals surface area contributed by atoms with Gasteiger partial charge in [-0.2, -0.15) is 8.42 Å². The van der Waals surface area contributed by atoms with Crippen LogP contribution in [0.3, 0.4) is 0 Å². The van der Waals surface area contributed by atoms with Crippen LogP contribution in [0.1, 0.15) is 31.7 Å². The van der Waals surface area contributed by atoms with Gasteiger partial charge >= 0.3 is 15.8 Å². The van der Waals surface area contributed by atoms with Crippen molar-refractivity contribution < 1.29 is 39.6 Å². The standard InChI is InChI=1S/C22H22FNO9S2/c1-3-14(2)15-8-9-20(17-7-5-4-6-16(15)17)33-34(27,28)11-10-32-21-12-18(23)22(35(29,30)31)13-19(21)24(25)26/h4-9,12-14H,3,10-11H2,1-2H3,(H,29,30,31)/p-1. The van der Waals surface area contributed by atoms with E-state index in [2.05, 4.69) is 6.92 Å². The lowest BCUT2D eigenvalue weighted by molar-refractivity contribution is -0.386. The van der Waals surface area contributed by atoms with E-state index in [-0.39, 0.29) is 17.7 Å². The number of fused-ring (bicyclic) bond motifs is 1. The molecule has 0 aromatic heterocycles. The van der Waals surface area contributed by atoms with Crippen LogP contribution in [0.2, 0.25) is 0 Å².